The second kappa shape index (κ2) is 4.96. The number of thiophene rings is 1. The molecule has 1 aromatic heterocycles. The van der Waals surface area contributed by atoms with Crippen molar-refractivity contribution in [2.24, 2.45) is 0 Å². The molecule has 0 amide bonds. The average molecular weight is 330 g/mol. The van der Waals surface area contributed by atoms with E-state index < -0.39 is 10.0 Å². The van der Waals surface area contributed by atoms with Crippen molar-refractivity contribution in [3.63, 3.8) is 0 Å². The minimum Gasteiger partial charge on any atom is -0.293 e. The molecule has 84 valence electrons. The highest BCUT2D eigenvalue weighted by Gasteiger charge is 2.23. The number of carbonyl (C=O) groups excluding carboxylic acids is 1. The molecule has 15 heavy (non-hydrogen) atoms. The highest BCUT2D eigenvalue weighted by atomic mass is 79.9. The van der Waals surface area contributed by atoms with Gasteiger partial charge in [0.05, 0.1) is 15.1 Å². The molecule has 0 radical (unpaired) electrons. The van der Waals surface area contributed by atoms with E-state index in [1.807, 2.05) is 0 Å². The summed E-state index contributed by atoms with van der Waals surface area (Å²) in [5.41, 5.74) is 0.177. The first-order valence-electron chi connectivity index (χ1n) is 3.78. The normalized spacial score (nSPS) is 11.7. The van der Waals surface area contributed by atoms with Crippen molar-refractivity contribution in [2.75, 3.05) is 12.4 Å². The van der Waals surface area contributed by atoms with Gasteiger partial charge in [-0.1, -0.05) is 15.9 Å². The van der Waals surface area contributed by atoms with Gasteiger partial charge in [-0.05, 0) is 13.1 Å². The summed E-state index contributed by atoms with van der Waals surface area (Å²) in [6.45, 7) is 0. The van der Waals surface area contributed by atoms with Crippen LogP contribution in [0.3, 0.4) is 0 Å². The van der Waals surface area contributed by atoms with Gasteiger partial charge in [0.1, 0.15) is 4.21 Å². The molecule has 1 rings (SSSR count). The van der Waals surface area contributed by atoms with E-state index in [0.717, 1.165) is 11.3 Å². The SMILES string of the molecule is CNS(=O)(=O)c1sc(S)cc1C(=O)CBr. The van der Waals surface area contributed by atoms with Crippen LogP contribution in [0.25, 0.3) is 0 Å². The van der Waals surface area contributed by atoms with Gasteiger partial charge in [0.25, 0.3) is 10.0 Å². The lowest BCUT2D eigenvalue weighted by molar-refractivity contribution is 0.102. The number of ketones is 1. The Hall–Kier alpha value is 0.110. The van der Waals surface area contributed by atoms with Crippen molar-refractivity contribution in [2.45, 2.75) is 8.42 Å². The number of sulfonamides is 1. The van der Waals surface area contributed by atoms with Gasteiger partial charge in [0, 0.05) is 0 Å². The van der Waals surface area contributed by atoms with Gasteiger partial charge in [0.2, 0.25) is 0 Å². The summed E-state index contributed by atoms with van der Waals surface area (Å²) in [7, 11) is -2.28. The molecular formula is C7H8BrNO3S3. The minimum atomic E-state index is -3.59. The predicted octanol–water partition coefficient (Wildman–Crippen LogP) is 1.52. The van der Waals surface area contributed by atoms with E-state index in [4.69, 9.17) is 0 Å². The lowest BCUT2D eigenvalue weighted by Crippen LogP contribution is -2.19. The number of rotatable bonds is 4. The lowest BCUT2D eigenvalue weighted by atomic mass is 10.2. The van der Waals surface area contributed by atoms with Crippen LogP contribution >= 0.6 is 39.9 Å². The first-order chi connectivity index (χ1) is 6.92. The van der Waals surface area contributed by atoms with E-state index in [1.54, 1.807) is 0 Å². The number of halogens is 1. The molecule has 0 aromatic carbocycles. The summed E-state index contributed by atoms with van der Waals surface area (Å²) >= 11 is 8.00. The molecular weight excluding hydrogens is 322 g/mol. The summed E-state index contributed by atoms with van der Waals surface area (Å²) in [6, 6.07) is 1.46. The molecule has 0 atom stereocenters. The van der Waals surface area contributed by atoms with E-state index in [2.05, 4.69) is 33.3 Å². The van der Waals surface area contributed by atoms with E-state index in [-0.39, 0.29) is 20.9 Å². The third kappa shape index (κ3) is 2.82. The summed E-state index contributed by atoms with van der Waals surface area (Å²) in [5.74, 6) is -0.277. The fourth-order valence-corrected chi connectivity index (χ4v) is 4.07. The van der Waals surface area contributed by atoms with Crippen LogP contribution in [0.15, 0.2) is 14.5 Å². The van der Waals surface area contributed by atoms with E-state index >= 15 is 0 Å². The number of hydrogen-bond donors (Lipinski definition) is 2. The van der Waals surface area contributed by atoms with Crippen molar-refractivity contribution in [3.8, 4) is 0 Å². The minimum absolute atomic E-state index is 0.0134. The van der Waals surface area contributed by atoms with Gasteiger partial charge < -0.3 is 0 Å². The molecule has 4 nitrogen and oxygen atoms in total. The van der Waals surface area contributed by atoms with Gasteiger partial charge >= 0.3 is 0 Å². The fraction of sp³-hybridized carbons (Fsp3) is 0.286. The predicted molar refractivity (Wildman–Crippen MR) is 65.9 cm³/mol. The van der Waals surface area contributed by atoms with E-state index in [0.29, 0.717) is 4.21 Å². The Bertz CT molecular complexity index is 480. The second-order valence-electron chi connectivity index (χ2n) is 2.55. The zero-order valence-electron chi connectivity index (χ0n) is 7.65. The molecule has 0 unspecified atom stereocenters. The van der Waals surface area contributed by atoms with Gasteiger partial charge in [0.15, 0.2) is 5.78 Å². The largest absolute Gasteiger partial charge is 0.293 e. The monoisotopic (exact) mass is 329 g/mol. The van der Waals surface area contributed by atoms with Gasteiger partial charge in [-0.25, -0.2) is 13.1 Å². The molecule has 1 heterocycles. The number of Topliss-reactive ketones (excluding diaryl/α,β-unsaturated/α-hetero) is 1. The van der Waals surface area contributed by atoms with E-state index in [9.17, 15) is 13.2 Å². The summed E-state index contributed by atoms with van der Waals surface area (Å²) in [5, 5.41) is 0.0865. The molecule has 0 spiro atoms. The van der Waals surface area contributed by atoms with Crippen molar-refractivity contribution in [3.05, 3.63) is 11.6 Å². The maximum Gasteiger partial charge on any atom is 0.250 e. The topological polar surface area (TPSA) is 63.2 Å². The van der Waals surface area contributed by atoms with Crippen LogP contribution < -0.4 is 4.72 Å². The first kappa shape index (κ1) is 13.2. The molecule has 0 saturated heterocycles. The number of carbonyl (C=O) groups is 1. The fourth-order valence-electron chi connectivity index (χ4n) is 0.920. The highest BCUT2D eigenvalue weighted by molar-refractivity contribution is 9.09. The zero-order chi connectivity index (χ0) is 11.6. The summed E-state index contributed by atoms with van der Waals surface area (Å²) in [6.07, 6.45) is 0. The Morgan fingerprint density at radius 3 is 2.73 bits per heavy atom. The Kier molecular flexibility index (Phi) is 4.36. The maximum absolute atomic E-state index is 11.6. The Morgan fingerprint density at radius 2 is 2.27 bits per heavy atom. The highest BCUT2D eigenvalue weighted by Crippen LogP contribution is 2.29. The van der Waals surface area contributed by atoms with Crippen LogP contribution in [-0.4, -0.2) is 26.6 Å². The van der Waals surface area contributed by atoms with Crippen LogP contribution in [0, 0.1) is 0 Å². The molecule has 0 aliphatic heterocycles. The van der Waals surface area contributed by atoms with E-state index in [1.165, 1.54) is 13.1 Å². The van der Waals surface area contributed by atoms with Crippen molar-refractivity contribution in [1.29, 1.82) is 0 Å². The number of nitrogens with one attached hydrogen (secondary N) is 1. The van der Waals surface area contributed by atoms with Crippen LogP contribution in [-0.2, 0) is 10.0 Å². The smallest absolute Gasteiger partial charge is 0.250 e. The van der Waals surface area contributed by atoms with Crippen LogP contribution in [0.1, 0.15) is 10.4 Å². The van der Waals surface area contributed by atoms with Crippen LogP contribution in [0.5, 0.6) is 0 Å². The van der Waals surface area contributed by atoms with Crippen molar-refractivity contribution in [1.82, 2.24) is 4.72 Å². The third-order valence-corrected chi connectivity index (χ3v) is 5.42. The molecule has 0 bridgehead atoms. The third-order valence-electron chi connectivity index (χ3n) is 1.62. The summed E-state index contributed by atoms with van der Waals surface area (Å²) in [4.78, 5) is 11.4. The van der Waals surface area contributed by atoms with Gasteiger partial charge in [-0.2, -0.15) is 0 Å². The number of hydrogen-bond acceptors (Lipinski definition) is 5. The van der Waals surface area contributed by atoms with Crippen LogP contribution in [0.4, 0.5) is 0 Å². The molecule has 0 fully saturated rings. The zero-order valence-corrected chi connectivity index (χ0v) is 11.8. The summed E-state index contributed by atoms with van der Waals surface area (Å²) < 4.78 is 25.8. The molecule has 0 saturated carbocycles. The van der Waals surface area contributed by atoms with Crippen molar-refractivity contribution >= 4 is 55.7 Å². The lowest BCUT2D eigenvalue weighted by Gasteiger charge is -2.01. The molecule has 0 aliphatic carbocycles. The molecule has 8 heteroatoms. The maximum atomic E-state index is 11.6. The van der Waals surface area contributed by atoms with Crippen LogP contribution in [0.2, 0.25) is 0 Å². The quantitative estimate of drug-likeness (QED) is 0.500. The molecule has 1 aromatic rings. The van der Waals surface area contributed by atoms with Gasteiger partial charge in [-0.15, -0.1) is 24.0 Å². The molecule has 0 aliphatic rings. The Morgan fingerprint density at radius 1 is 1.67 bits per heavy atom. The molecule has 1 N–H and O–H groups in total. The number of alkyl halides is 1. The Labute approximate surface area is 106 Å². The van der Waals surface area contributed by atoms with Gasteiger partial charge in [-0.3, -0.25) is 4.79 Å². The standard InChI is InChI=1S/C7H8BrNO3S3/c1-9-15(11,12)7-4(5(10)3-8)2-6(13)14-7/h2,9,13H,3H2,1H3. The van der Waals surface area contributed by atoms with Crippen molar-refractivity contribution < 1.29 is 13.2 Å². The number of thiol groups is 1. The first-order valence-corrected chi connectivity index (χ1v) is 7.64. The average Bonchev–Trinajstić information content (AvgIpc) is 2.60. The Balaban J connectivity index is 3.36. The second-order valence-corrected chi connectivity index (χ2v) is 7.03.